The number of hydrogen-bond acceptors (Lipinski definition) is 4. The first-order chi connectivity index (χ1) is 12.9. The molecular weight excluding hydrogens is 384 g/mol. The molecule has 1 saturated carbocycles. The predicted molar refractivity (Wildman–Crippen MR) is 107 cm³/mol. The first-order valence-corrected chi connectivity index (χ1v) is 10.9. The van der Waals surface area contributed by atoms with Crippen molar-refractivity contribution in [1.82, 2.24) is 10.2 Å². The minimum atomic E-state index is -0.258. The number of amides is 2. The van der Waals surface area contributed by atoms with Crippen LogP contribution in [0.15, 0.2) is 12.1 Å². The molecule has 3 rings (SSSR count). The van der Waals surface area contributed by atoms with E-state index in [0.29, 0.717) is 41.4 Å². The molecular formula is C20H27ClN2O3S. The number of nitrogens with zero attached hydrogens (tertiary/aromatic N) is 1. The molecule has 1 N–H and O–H groups in total. The molecule has 2 heterocycles. The normalized spacial score (nSPS) is 22.5. The molecule has 2 amide bonds. The summed E-state index contributed by atoms with van der Waals surface area (Å²) < 4.78 is 0.616. The number of piperidine rings is 1. The van der Waals surface area contributed by atoms with E-state index in [-0.39, 0.29) is 29.1 Å². The van der Waals surface area contributed by atoms with Crippen LogP contribution in [-0.2, 0) is 9.59 Å². The van der Waals surface area contributed by atoms with Crippen molar-refractivity contribution in [3.8, 4) is 0 Å². The fourth-order valence-corrected chi connectivity index (χ4v) is 5.34. The lowest BCUT2D eigenvalue weighted by Gasteiger charge is -2.37. The highest BCUT2D eigenvalue weighted by Crippen LogP contribution is 2.43. The molecule has 0 radical (unpaired) electrons. The zero-order chi connectivity index (χ0) is 19.4. The minimum Gasteiger partial charge on any atom is -0.352 e. The summed E-state index contributed by atoms with van der Waals surface area (Å²) in [4.78, 5) is 39.5. The monoisotopic (exact) mass is 410 g/mol. The maximum absolute atomic E-state index is 12.8. The van der Waals surface area contributed by atoms with Crippen LogP contribution in [0.25, 0.3) is 0 Å². The molecule has 0 bridgehead atoms. The maximum atomic E-state index is 12.8. The second-order valence-corrected chi connectivity index (χ2v) is 9.73. The zero-order valence-corrected chi connectivity index (χ0v) is 17.3. The summed E-state index contributed by atoms with van der Waals surface area (Å²) >= 11 is 7.28. The molecule has 7 heteroatoms. The van der Waals surface area contributed by atoms with Gasteiger partial charge in [0.2, 0.25) is 11.8 Å². The molecule has 1 aromatic heterocycles. The number of halogens is 1. The lowest BCUT2D eigenvalue weighted by Crippen LogP contribution is -2.49. The number of likely N-dealkylation sites (tertiary alicyclic amines) is 1. The fraction of sp³-hybridized carbons (Fsp3) is 0.650. The van der Waals surface area contributed by atoms with Crippen molar-refractivity contribution >= 4 is 40.5 Å². The second-order valence-electron chi connectivity index (χ2n) is 8.02. The van der Waals surface area contributed by atoms with Gasteiger partial charge in [0.15, 0.2) is 5.78 Å². The number of carbonyl (C=O) groups excluding carboxylic acids is 3. The maximum Gasteiger partial charge on any atom is 0.222 e. The molecule has 1 unspecified atom stereocenters. The molecule has 1 aromatic rings. The quantitative estimate of drug-likeness (QED) is 0.719. The summed E-state index contributed by atoms with van der Waals surface area (Å²) in [6.45, 7) is 0.560. The van der Waals surface area contributed by atoms with E-state index in [1.807, 2.05) is 0 Å². The third-order valence-corrected chi connectivity index (χ3v) is 7.10. The van der Waals surface area contributed by atoms with Crippen molar-refractivity contribution in [3.05, 3.63) is 21.3 Å². The number of Topliss-reactive ketones (excluding diaryl/α,β-unsaturated/α-hetero) is 1. The molecule has 1 aliphatic carbocycles. The average molecular weight is 411 g/mol. The highest BCUT2D eigenvalue weighted by Gasteiger charge is 2.37. The summed E-state index contributed by atoms with van der Waals surface area (Å²) in [6.07, 6.45) is 7.06. The van der Waals surface area contributed by atoms with E-state index in [4.69, 9.17) is 11.6 Å². The standard InChI is InChI=1S/C20H27ClN2O3S/c1-23-13-14(5-8-19(23)26)22-18(25)12-20(9-3-2-4-10-20)11-15(24)16-6-7-17(21)27-16/h6-7,14H,2-5,8-13H2,1H3,(H,22,25). The van der Waals surface area contributed by atoms with Crippen LogP contribution in [0.1, 0.15) is 67.5 Å². The van der Waals surface area contributed by atoms with E-state index in [9.17, 15) is 14.4 Å². The highest BCUT2D eigenvalue weighted by molar-refractivity contribution is 7.18. The van der Waals surface area contributed by atoms with Crippen LogP contribution >= 0.6 is 22.9 Å². The van der Waals surface area contributed by atoms with Gasteiger partial charge in [0.25, 0.3) is 0 Å². The second kappa shape index (κ2) is 8.74. The Bertz CT molecular complexity index is 712. The predicted octanol–water partition coefficient (Wildman–Crippen LogP) is 4.05. The van der Waals surface area contributed by atoms with E-state index in [1.54, 1.807) is 24.1 Å². The number of likely N-dealkylation sites (N-methyl/N-ethyl adjacent to an activating group) is 1. The van der Waals surface area contributed by atoms with Crippen LogP contribution in [0.4, 0.5) is 0 Å². The Hall–Kier alpha value is -1.40. The van der Waals surface area contributed by atoms with Crippen molar-refractivity contribution in [3.63, 3.8) is 0 Å². The number of hydrogen-bond donors (Lipinski definition) is 1. The molecule has 1 aliphatic heterocycles. The highest BCUT2D eigenvalue weighted by atomic mass is 35.5. The van der Waals surface area contributed by atoms with Crippen molar-refractivity contribution in [2.45, 2.75) is 63.8 Å². The molecule has 0 spiro atoms. The largest absolute Gasteiger partial charge is 0.352 e. The molecule has 0 aromatic carbocycles. The number of carbonyl (C=O) groups is 3. The van der Waals surface area contributed by atoms with Gasteiger partial charge in [0.1, 0.15) is 0 Å². The lowest BCUT2D eigenvalue weighted by molar-refractivity contribution is -0.134. The van der Waals surface area contributed by atoms with Gasteiger partial charge in [-0.1, -0.05) is 30.9 Å². The van der Waals surface area contributed by atoms with Gasteiger partial charge in [-0.3, -0.25) is 14.4 Å². The van der Waals surface area contributed by atoms with Gasteiger partial charge in [0, 0.05) is 38.9 Å². The summed E-state index contributed by atoms with van der Waals surface area (Å²) in [5.74, 6) is 0.218. The Labute approximate surface area is 169 Å². The van der Waals surface area contributed by atoms with Gasteiger partial charge in [-0.05, 0) is 36.8 Å². The first-order valence-electron chi connectivity index (χ1n) is 9.69. The van der Waals surface area contributed by atoms with Crippen LogP contribution in [0.2, 0.25) is 4.34 Å². The van der Waals surface area contributed by atoms with E-state index in [0.717, 1.165) is 32.1 Å². The molecule has 2 aliphatic rings. The average Bonchev–Trinajstić information content (AvgIpc) is 3.05. The summed E-state index contributed by atoms with van der Waals surface area (Å²) in [7, 11) is 1.77. The van der Waals surface area contributed by atoms with Gasteiger partial charge in [-0.15, -0.1) is 11.3 Å². The molecule has 1 saturated heterocycles. The first kappa shape index (κ1) is 20.3. The molecule has 148 valence electrons. The number of thiophene rings is 1. The Morgan fingerprint density at radius 3 is 2.63 bits per heavy atom. The van der Waals surface area contributed by atoms with E-state index in [2.05, 4.69) is 5.32 Å². The van der Waals surface area contributed by atoms with Crippen molar-refractivity contribution < 1.29 is 14.4 Å². The smallest absolute Gasteiger partial charge is 0.222 e. The van der Waals surface area contributed by atoms with Gasteiger partial charge >= 0.3 is 0 Å². The number of rotatable bonds is 6. The fourth-order valence-electron chi connectivity index (χ4n) is 4.36. The van der Waals surface area contributed by atoms with Crippen LogP contribution in [0.3, 0.4) is 0 Å². The topological polar surface area (TPSA) is 66.5 Å². The Morgan fingerprint density at radius 2 is 2.00 bits per heavy atom. The third kappa shape index (κ3) is 5.32. The van der Waals surface area contributed by atoms with Crippen molar-refractivity contribution in [2.75, 3.05) is 13.6 Å². The molecule has 5 nitrogen and oxygen atoms in total. The minimum absolute atomic E-state index is 0.00154. The zero-order valence-electron chi connectivity index (χ0n) is 15.8. The van der Waals surface area contributed by atoms with E-state index >= 15 is 0 Å². The Balaban J connectivity index is 1.62. The van der Waals surface area contributed by atoms with Gasteiger partial charge in [-0.25, -0.2) is 0 Å². The van der Waals surface area contributed by atoms with Gasteiger partial charge in [-0.2, -0.15) is 0 Å². The SMILES string of the molecule is CN1CC(NC(=O)CC2(CC(=O)c3ccc(Cl)s3)CCCCC2)CCC1=O. The Kier molecular flexibility index (Phi) is 6.58. The van der Waals surface area contributed by atoms with Crippen LogP contribution < -0.4 is 5.32 Å². The number of ketones is 1. The van der Waals surface area contributed by atoms with Crippen LogP contribution in [-0.4, -0.2) is 42.1 Å². The van der Waals surface area contributed by atoms with Crippen molar-refractivity contribution in [1.29, 1.82) is 0 Å². The summed E-state index contributed by atoms with van der Waals surface area (Å²) in [6, 6.07) is 3.54. The summed E-state index contributed by atoms with van der Waals surface area (Å²) in [5, 5.41) is 3.10. The van der Waals surface area contributed by atoms with Crippen LogP contribution in [0.5, 0.6) is 0 Å². The van der Waals surface area contributed by atoms with E-state index in [1.165, 1.54) is 11.3 Å². The van der Waals surface area contributed by atoms with Crippen molar-refractivity contribution in [2.24, 2.45) is 5.41 Å². The summed E-state index contributed by atoms with van der Waals surface area (Å²) in [5.41, 5.74) is -0.258. The lowest BCUT2D eigenvalue weighted by atomic mass is 9.68. The van der Waals surface area contributed by atoms with Crippen LogP contribution in [0, 0.1) is 5.41 Å². The Morgan fingerprint density at radius 1 is 1.26 bits per heavy atom. The number of nitrogens with one attached hydrogen (secondary N) is 1. The van der Waals surface area contributed by atoms with E-state index < -0.39 is 0 Å². The molecule has 1 atom stereocenters. The third-order valence-electron chi connectivity index (χ3n) is 5.83. The molecule has 27 heavy (non-hydrogen) atoms. The molecule has 2 fully saturated rings. The van der Waals surface area contributed by atoms with Gasteiger partial charge in [0.05, 0.1) is 9.21 Å². The van der Waals surface area contributed by atoms with Gasteiger partial charge < -0.3 is 10.2 Å².